The van der Waals surface area contributed by atoms with Crippen LogP contribution in [0.3, 0.4) is 0 Å². The van der Waals surface area contributed by atoms with Crippen LogP contribution >= 0.6 is 15.9 Å². The van der Waals surface area contributed by atoms with Gasteiger partial charge in [0.05, 0.1) is 16.9 Å². The molecule has 0 bridgehead atoms. The summed E-state index contributed by atoms with van der Waals surface area (Å²) in [5, 5.41) is 17.2. The molecule has 0 aliphatic carbocycles. The zero-order valence-electron chi connectivity index (χ0n) is 12.7. The Morgan fingerprint density at radius 1 is 1.21 bits per heavy atom. The number of carboxylic acids is 1. The van der Waals surface area contributed by atoms with Crippen molar-refractivity contribution in [2.45, 2.75) is 6.42 Å². The van der Waals surface area contributed by atoms with Crippen molar-refractivity contribution in [3.05, 3.63) is 64.1 Å². The molecule has 0 radical (unpaired) electrons. The maximum atomic E-state index is 11.0. The number of aromatic carboxylic acids is 1. The van der Waals surface area contributed by atoms with Crippen molar-refractivity contribution < 1.29 is 9.90 Å². The first kappa shape index (κ1) is 15.0. The molecule has 0 saturated heterocycles. The molecule has 0 fully saturated rings. The van der Waals surface area contributed by atoms with E-state index in [-0.39, 0.29) is 5.56 Å². The quantitative estimate of drug-likeness (QED) is 0.717. The van der Waals surface area contributed by atoms with Crippen LogP contribution in [-0.4, -0.2) is 27.4 Å². The highest BCUT2D eigenvalue weighted by molar-refractivity contribution is 9.10. The first-order valence-corrected chi connectivity index (χ1v) is 8.38. The van der Waals surface area contributed by atoms with Gasteiger partial charge in [-0.3, -0.25) is 0 Å². The fraction of sp³-hybridized carbons (Fsp3) is 0.111. The second-order valence-corrected chi connectivity index (χ2v) is 6.54. The number of fused-ring (bicyclic) bond motifs is 1. The fourth-order valence-electron chi connectivity index (χ4n) is 2.97. The minimum absolute atomic E-state index is 0.266. The third-order valence-electron chi connectivity index (χ3n) is 4.11. The van der Waals surface area contributed by atoms with Crippen molar-refractivity contribution in [3.63, 3.8) is 0 Å². The highest BCUT2D eigenvalue weighted by atomic mass is 79.9. The first-order chi connectivity index (χ1) is 11.6. The molecule has 4 rings (SSSR count). The lowest BCUT2D eigenvalue weighted by Crippen LogP contribution is -2.05. The lowest BCUT2D eigenvalue weighted by Gasteiger charge is -2.06. The summed E-state index contributed by atoms with van der Waals surface area (Å²) in [6.07, 6.45) is 0.921. The number of carbonyl (C=O) groups is 1. The molecule has 2 aromatic carbocycles. The van der Waals surface area contributed by atoms with E-state index in [0.717, 1.165) is 40.2 Å². The van der Waals surface area contributed by atoms with Gasteiger partial charge in [0.1, 0.15) is 5.82 Å². The number of hydrogen-bond donors (Lipinski definition) is 2. The maximum absolute atomic E-state index is 11.0. The molecule has 0 spiro atoms. The molecule has 0 unspecified atom stereocenters. The molecule has 0 saturated carbocycles. The highest BCUT2D eigenvalue weighted by Gasteiger charge is 2.24. The number of halogens is 1. The van der Waals surface area contributed by atoms with Gasteiger partial charge in [-0.1, -0.05) is 28.1 Å². The van der Waals surface area contributed by atoms with E-state index in [1.165, 1.54) is 5.56 Å². The van der Waals surface area contributed by atoms with Crippen molar-refractivity contribution in [1.29, 1.82) is 0 Å². The van der Waals surface area contributed by atoms with E-state index in [9.17, 15) is 4.79 Å². The van der Waals surface area contributed by atoms with Gasteiger partial charge in [-0.05, 0) is 42.8 Å². The summed E-state index contributed by atoms with van der Waals surface area (Å²) >= 11 is 3.51. The first-order valence-electron chi connectivity index (χ1n) is 7.59. The molecule has 1 aromatic heterocycles. The Hall–Kier alpha value is -2.60. The van der Waals surface area contributed by atoms with E-state index in [2.05, 4.69) is 27.3 Å². The number of rotatable bonds is 3. The fourth-order valence-corrected chi connectivity index (χ4v) is 3.37. The van der Waals surface area contributed by atoms with Gasteiger partial charge in [0.2, 0.25) is 0 Å². The molecule has 24 heavy (non-hydrogen) atoms. The van der Waals surface area contributed by atoms with Crippen molar-refractivity contribution in [1.82, 2.24) is 9.78 Å². The van der Waals surface area contributed by atoms with Crippen molar-refractivity contribution in [2.24, 2.45) is 0 Å². The lowest BCUT2D eigenvalue weighted by atomic mass is 10.1. The maximum Gasteiger partial charge on any atom is 0.335 e. The Labute approximate surface area is 147 Å². The Balaban J connectivity index is 1.83. The van der Waals surface area contributed by atoms with Crippen LogP contribution in [0.4, 0.5) is 5.82 Å². The average Bonchev–Trinajstić information content (AvgIpc) is 3.17. The van der Waals surface area contributed by atoms with Crippen LogP contribution in [0.5, 0.6) is 0 Å². The van der Waals surface area contributed by atoms with Gasteiger partial charge in [0.15, 0.2) is 0 Å². The molecule has 3 aromatic rings. The number of hydrogen-bond acceptors (Lipinski definition) is 3. The number of nitrogens with zero attached hydrogens (tertiary/aromatic N) is 2. The summed E-state index contributed by atoms with van der Waals surface area (Å²) in [5.41, 5.74) is 4.31. The standard InChI is InChI=1S/C18H14BrN3O2/c19-13-3-1-2-12(10-13)16-15-8-9-20-17(15)22(21-16)14-6-4-11(5-7-14)18(23)24/h1-7,10,20H,8-9H2,(H,23,24). The van der Waals surface area contributed by atoms with Crippen LogP contribution < -0.4 is 5.32 Å². The average molecular weight is 384 g/mol. The second-order valence-electron chi connectivity index (χ2n) is 5.63. The van der Waals surface area contributed by atoms with Crippen LogP contribution in [-0.2, 0) is 6.42 Å². The van der Waals surface area contributed by atoms with Crippen LogP contribution in [0.1, 0.15) is 15.9 Å². The monoisotopic (exact) mass is 383 g/mol. The summed E-state index contributed by atoms with van der Waals surface area (Å²) in [5.74, 6) is 0.0493. The van der Waals surface area contributed by atoms with E-state index in [1.54, 1.807) is 24.3 Å². The van der Waals surface area contributed by atoms with Crippen LogP contribution in [0.2, 0.25) is 0 Å². The van der Waals surface area contributed by atoms with Gasteiger partial charge in [-0.15, -0.1) is 0 Å². The Morgan fingerprint density at radius 2 is 2.00 bits per heavy atom. The molecular formula is C18H14BrN3O2. The van der Waals surface area contributed by atoms with Crippen LogP contribution in [0, 0.1) is 0 Å². The molecule has 1 aliphatic rings. The third-order valence-corrected chi connectivity index (χ3v) is 4.60. The minimum atomic E-state index is -0.930. The SMILES string of the molecule is O=C(O)c1ccc(-n2nc(-c3cccc(Br)c3)c3c2NCC3)cc1. The highest BCUT2D eigenvalue weighted by Crippen LogP contribution is 2.35. The van der Waals surface area contributed by atoms with Gasteiger partial charge in [0, 0.05) is 22.1 Å². The third kappa shape index (κ3) is 2.49. The zero-order valence-corrected chi connectivity index (χ0v) is 14.2. The summed E-state index contributed by atoms with van der Waals surface area (Å²) in [4.78, 5) is 11.0. The Morgan fingerprint density at radius 3 is 2.71 bits per heavy atom. The normalized spacial score (nSPS) is 12.7. The van der Waals surface area contributed by atoms with Crippen molar-refractivity contribution >= 4 is 27.7 Å². The summed E-state index contributed by atoms with van der Waals surface area (Å²) < 4.78 is 2.87. The molecule has 2 heterocycles. The van der Waals surface area contributed by atoms with Crippen molar-refractivity contribution in [3.8, 4) is 16.9 Å². The molecular weight excluding hydrogens is 370 g/mol. The van der Waals surface area contributed by atoms with Crippen LogP contribution in [0.15, 0.2) is 53.0 Å². The topological polar surface area (TPSA) is 67.1 Å². The van der Waals surface area contributed by atoms with Gasteiger partial charge in [-0.2, -0.15) is 5.10 Å². The van der Waals surface area contributed by atoms with Gasteiger partial charge in [-0.25, -0.2) is 9.48 Å². The molecule has 5 nitrogen and oxygen atoms in total. The number of carboxylic acid groups (broad SMARTS) is 1. The van der Waals surface area contributed by atoms with Gasteiger partial charge < -0.3 is 10.4 Å². The van der Waals surface area contributed by atoms with E-state index >= 15 is 0 Å². The van der Waals surface area contributed by atoms with E-state index in [1.807, 2.05) is 22.9 Å². The molecule has 0 atom stereocenters. The smallest absolute Gasteiger partial charge is 0.335 e. The van der Waals surface area contributed by atoms with E-state index in [4.69, 9.17) is 10.2 Å². The largest absolute Gasteiger partial charge is 0.478 e. The number of aromatic nitrogens is 2. The molecule has 0 amide bonds. The lowest BCUT2D eigenvalue weighted by molar-refractivity contribution is 0.0697. The molecule has 6 heteroatoms. The Bertz CT molecular complexity index is 932. The molecule has 1 aliphatic heterocycles. The molecule has 120 valence electrons. The predicted molar refractivity (Wildman–Crippen MR) is 95.9 cm³/mol. The Kier molecular flexibility index (Phi) is 3.61. The van der Waals surface area contributed by atoms with E-state index < -0.39 is 5.97 Å². The van der Waals surface area contributed by atoms with E-state index in [0.29, 0.717) is 0 Å². The predicted octanol–water partition coefficient (Wildman–Crippen LogP) is 3.97. The van der Waals surface area contributed by atoms with Gasteiger partial charge >= 0.3 is 5.97 Å². The van der Waals surface area contributed by atoms with Gasteiger partial charge in [0.25, 0.3) is 0 Å². The number of anilines is 1. The summed E-state index contributed by atoms with van der Waals surface area (Å²) in [6, 6.07) is 14.8. The summed E-state index contributed by atoms with van der Waals surface area (Å²) in [7, 11) is 0. The summed E-state index contributed by atoms with van der Waals surface area (Å²) in [6.45, 7) is 0.876. The number of nitrogens with one attached hydrogen (secondary N) is 1. The zero-order chi connectivity index (χ0) is 16.7. The second kappa shape index (κ2) is 5.79. The number of benzene rings is 2. The minimum Gasteiger partial charge on any atom is -0.478 e. The van der Waals surface area contributed by atoms with Crippen LogP contribution in [0.25, 0.3) is 16.9 Å². The molecule has 2 N–H and O–H groups in total. The van der Waals surface area contributed by atoms with Crippen molar-refractivity contribution in [2.75, 3.05) is 11.9 Å².